The van der Waals surface area contributed by atoms with Crippen molar-refractivity contribution in [3.05, 3.63) is 76.1 Å². The maximum Gasteiger partial charge on any atom is 0.164 e. The average molecular weight is 707 g/mol. The van der Waals surface area contributed by atoms with E-state index in [9.17, 15) is 9.90 Å². The number of nitrogens with zero attached hydrogens (tertiary/aromatic N) is 1. The minimum absolute atomic E-state index is 0. The van der Waals surface area contributed by atoms with Gasteiger partial charge in [0.2, 0.25) is 0 Å². The minimum Gasteiger partial charge on any atom is -0.512 e. The Morgan fingerprint density at radius 1 is 0.821 bits per heavy atom. The van der Waals surface area contributed by atoms with Gasteiger partial charge < -0.3 is 5.11 Å². The van der Waals surface area contributed by atoms with E-state index in [0.717, 1.165) is 48.0 Å². The number of hydrogen-bond donors (Lipinski definition) is 1. The van der Waals surface area contributed by atoms with Crippen LogP contribution in [0.3, 0.4) is 0 Å². The number of carbonyl (C=O) groups is 1. The van der Waals surface area contributed by atoms with Gasteiger partial charge in [0.25, 0.3) is 0 Å². The molecule has 1 N–H and O–H groups in total. The van der Waals surface area contributed by atoms with Gasteiger partial charge in [0.05, 0.1) is 5.52 Å². The van der Waals surface area contributed by atoms with Gasteiger partial charge in [0.15, 0.2) is 5.78 Å². The van der Waals surface area contributed by atoms with Gasteiger partial charge in [-0.05, 0) is 74.9 Å². The van der Waals surface area contributed by atoms with E-state index in [-0.39, 0.29) is 42.5 Å². The van der Waals surface area contributed by atoms with Crippen molar-refractivity contribution in [1.82, 2.24) is 4.98 Å². The summed E-state index contributed by atoms with van der Waals surface area (Å²) in [6.07, 6.45) is 4.75. The Morgan fingerprint density at radius 3 is 1.85 bits per heavy atom. The first kappa shape index (κ1) is 34.7. The molecule has 0 fully saturated rings. The third-order valence-electron chi connectivity index (χ3n) is 8.47. The smallest absolute Gasteiger partial charge is 0.164 e. The van der Waals surface area contributed by atoms with Gasteiger partial charge in [-0.15, -0.1) is 34.9 Å². The first-order chi connectivity index (χ1) is 17.7. The van der Waals surface area contributed by atoms with Crippen LogP contribution in [0.2, 0.25) is 0 Å². The van der Waals surface area contributed by atoms with Crippen molar-refractivity contribution in [2.24, 2.45) is 10.8 Å². The van der Waals surface area contributed by atoms with E-state index in [4.69, 9.17) is 4.98 Å². The summed E-state index contributed by atoms with van der Waals surface area (Å²) in [6, 6.07) is 14.3. The van der Waals surface area contributed by atoms with Crippen LogP contribution in [-0.2, 0) is 24.9 Å². The first-order valence-electron chi connectivity index (χ1n) is 14.1. The van der Waals surface area contributed by atoms with E-state index in [2.05, 4.69) is 71.0 Å². The van der Waals surface area contributed by atoms with Gasteiger partial charge in [-0.3, -0.25) is 9.78 Å². The second-order valence-corrected chi connectivity index (χ2v) is 11.5. The molecule has 215 valence electrons. The summed E-state index contributed by atoms with van der Waals surface area (Å²) in [5, 5.41) is 11.4. The number of aliphatic hydroxyl groups excluding tert-OH is 1. The van der Waals surface area contributed by atoms with Crippen LogP contribution in [0.25, 0.3) is 22.2 Å². The molecule has 4 heteroatoms. The predicted molar refractivity (Wildman–Crippen MR) is 163 cm³/mol. The Hall–Kier alpha value is -2.29. The van der Waals surface area contributed by atoms with E-state index < -0.39 is 0 Å². The number of allylic oxidation sites excluding steroid dienone is 2. The number of benzene rings is 2. The standard InChI is InChI=1S/C20H20N.C15H28O2.Ir/c1-12-6-13(2)9-17(8-12)18-11-16(5)20-15(4)7-14(3)10-19(20)21-18;1-7-14(5,8-2)12(16)11-13(17)15(6,9-3)10-4;/h6-8,10-11H,1-5H3;11,16H,7-10H2,1-6H3;/q-1;;/b;12-11-;. The molecule has 0 amide bonds. The molecule has 0 saturated heterocycles. The Labute approximate surface area is 250 Å². The maximum atomic E-state index is 12.2. The molecule has 1 heterocycles. The maximum absolute atomic E-state index is 12.2. The zero-order chi connectivity index (χ0) is 28.8. The molecule has 39 heavy (non-hydrogen) atoms. The molecule has 3 aromatic rings. The summed E-state index contributed by atoms with van der Waals surface area (Å²) in [7, 11) is 0. The zero-order valence-electron chi connectivity index (χ0n) is 25.9. The molecule has 3 rings (SSSR count). The van der Waals surface area contributed by atoms with E-state index in [1.807, 2.05) is 41.5 Å². The number of aromatic nitrogens is 1. The van der Waals surface area contributed by atoms with Gasteiger partial charge in [-0.1, -0.05) is 67.5 Å². The molecule has 2 aromatic carbocycles. The zero-order valence-corrected chi connectivity index (χ0v) is 28.3. The fourth-order valence-corrected chi connectivity index (χ4v) is 4.84. The number of pyridine rings is 1. The topological polar surface area (TPSA) is 50.2 Å². The molecular formula is C35H48IrNO2-. The molecule has 1 radical (unpaired) electrons. The molecule has 0 atom stereocenters. The Balaban J connectivity index is 0.000000391. The van der Waals surface area contributed by atoms with E-state index >= 15 is 0 Å². The molecular weight excluding hydrogens is 659 g/mol. The molecule has 0 spiro atoms. The summed E-state index contributed by atoms with van der Waals surface area (Å²) >= 11 is 0. The predicted octanol–water partition coefficient (Wildman–Crippen LogP) is 9.89. The van der Waals surface area contributed by atoms with Crippen molar-refractivity contribution < 1.29 is 30.0 Å². The second kappa shape index (κ2) is 14.4. The Morgan fingerprint density at radius 2 is 1.33 bits per heavy atom. The van der Waals surface area contributed by atoms with E-state index in [1.165, 1.54) is 33.7 Å². The summed E-state index contributed by atoms with van der Waals surface area (Å²) in [5.74, 6) is 0.286. The number of carbonyl (C=O) groups excluding carboxylic acids is 1. The van der Waals surface area contributed by atoms with Gasteiger partial charge >= 0.3 is 0 Å². The van der Waals surface area contributed by atoms with Crippen LogP contribution >= 0.6 is 0 Å². The largest absolute Gasteiger partial charge is 0.512 e. The normalized spacial score (nSPS) is 12.0. The average Bonchev–Trinajstić information content (AvgIpc) is 2.86. The van der Waals surface area contributed by atoms with Crippen LogP contribution in [0.15, 0.2) is 42.2 Å². The van der Waals surface area contributed by atoms with Gasteiger partial charge in [-0.2, -0.15) is 0 Å². The van der Waals surface area contributed by atoms with Crippen molar-refractivity contribution in [2.75, 3.05) is 0 Å². The van der Waals surface area contributed by atoms with Crippen LogP contribution in [0.1, 0.15) is 95.0 Å². The molecule has 0 aliphatic carbocycles. The van der Waals surface area contributed by atoms with Crippen LogP contribution in [0.4, 0.5) is 0 Å². The number of hydrogen-bond acceptors (Lipinski definition) is 3. The Kier molecular flexibility index (Phi) is 12.8. The third-order valence-corrected chi connectivity index (χ3v) is 8.47. The Bertz CT molecular complexity index is 1290. The molecule has 1 aromatic heterocycles. The van der Waals surface area contributed by atoms with E-state index in [1.54, 1.807) is 0 Å². The molecule has 0 unspecified atom stereocenters. The van der Waals surface area contributed by atoms with Crippen molar-refractivity contribution in [2.45, 2.75) is 102 Å². The van der Waals surface area contributed by atoms with Crippen molar-refractivity contribution >= 4 is 16.7 Å². The van der Waals surface area contributed by atoms with Crippen molar-refractivity contribution in [3.63, 3.8) is 0 Å². The van der Waals surface area contributed by atoms with Crippen LogP contribution < -0.4 is 0 Å². The fraction of sp³-hybridized carbons (Fsp3) is 0.486. The summed E-state index contributed by atoms with van der Waals surface area (Å²) in [4.78, 5) is 17.1. The summed E-state index contributed by atoms with van der Waals surface area (Å²) < 4.78 is 0. The van der Waals surface area contributed by atoms with Crippen molar-refractivity contribution in [3.8, 4) is 11.3 Å². The van der Waals surface area contributed by atoms with Crippen LogP contribution in [0, 0.1) is 51.5 Å². The van der Waals surface area contributed by atoms with E-state index in [0.29, 0.717) is 0 Å². The molecule has 0 saturated carbocycles. The third kappa shape index (κ3) is 8.35. The molecule has 0 bridgehead atoms. The molecule has 0 aliphatic heterocycles. The van der Waals surface area contributed by atoms with Gasteiger partial charge in [-0.25, -0.2) is 0 Å². The minimum atomic E-state index is -0.337. The number of fused-ring (bicyclic) bond motifs is 1. The molecule has 0 aliphatic rings. The fourth-order valence-electron chi connectivity index (χ4n) is 4.84. The first-order valence-corrected chi connectivity index (χ1v) is 14.1. The summed E-state index contributed by atoms with van der Waals surface area (Å²) in [6.45, 7) is 22.7. The quantitative estimate of drug-likeness (QED) is 0.144. The second-order valence-electron chi connectivity index (χ2n) is 11.5. The number of aliphatic hydroxyl groups is 1. The van der Waals surface area contributed by atoms with Crippen molar-refractivity contribution in [1.29, 1.82) is 0 Å². The van der Waals surface area contributed by atoms with Gasteiger partial charge in [0.1, 0.15) is 5.76 Å². The SMILES string of the molecule is CCC(C)(CC)C(=O)/C=C(\O)C(C)(CC)CC.Cc1[c-]c(-c2cc(C)c3c(C)cc(C)cc3n2)cc(C)c1.[Ir]. The summed E-state index contributed by atoms with van der Waals surface area (Å²) in [5.41, 5.74) is 8.81. The number of rotatable bonds is 8. The van der Waals surface area contributed by atoms with Crippen LogP contribution in [0.5, 0.6) is 0 Å². The molecule has 3 nitrogen and oxygen atoms in total. The van der Waals surface area contributed by atoms with Gasteiger partial charge in [0, 0.05) is 42.4 Å². The monoisotopic (exact) mass is 707 g/mol. The number of ketones is 1. The number of aryl methyl sites for hydroxylation is 5. The van der Waals surface area contributed by atoms with Crippen LogP contribution in [-0.4, -0.2) is 15.9 Å².